The lowest BCUT2D eigenvalue weighted by Crippen LogP contribution is -2.35. The summed E-state index contributed by atoms with van der Waals surface area (Å²) in [6.45, 7) is 0. The fraction of sp³-hybridized carbons (Fsp3) is 0.100. The summed E-state index contributed by atoms with van der Waals surface area (Å²) in [5.74, 6) is 0. The Kier molecular flexibility index (Phi) is 3.24. The van der Waals surface area contributed by atoms with Crippen molar-refractivity contribution in [3.8, 4) is 0 Å². The first-order chi connectivity index (χ1) is 13.1. The fourth-order valence-corrected chi connectivity index (χ4v) is 3.42. The predicted molar refractivity (Wildman–Crippen MR) is 104 cm³/mol. The highest BCUT2D eigenvalue weighted by molar-refractivity contribution is 6.19. The van der Waals surface area contributed by atoms with Crippen molar-refractivity contribution >= 4 is 23.6 Å². The molecular formula is C20H15N5O2. The average Bonchev–Trinajstić information content (AvgIpc) is 3.39. The van der Waals surface area contributed by atoms with Gasteiger partial charge >= 0.3 is 5.66 Å². The second-order valence-electron chi connectivity index (χ2n) is 6.72. The molecule has 0 aromatic carbocycles. The van der Waals surface area contributed by atoms with E-state index in [1.807, 2.05) is 48.6 Å². The molecule has 2 aromatic heterocycles. The van der Waals surface area contributed by atoms with Gasteiger partial charge in [0.25, 0.3) is 0 Å². The highest BCUT2D eigenvalue weighted by atomic mass is 16.6. The number of allylic oxidation sites excluding steroid dienone is 4. The van der Waals surface area contributed by atoms with Crippen LogP contribution in [0, 0.1) is 10.1 Å². The molecule has 7 nitrogen and oxygen atoms in total. The van der Waals surface area contributed by atoms with Crippen LogP contribution in [0.25, 0.3) is 12.2 Å². The molecule has 0 saturated heterocycles. The smallest absolute Gasteiger partial charge is 0.338 e. The Bertz CT molecular complexity index is 1240. The quantitative estimate of drug-likeness (QED) is 0.595. The molecule has 5 rings (SSSR count). The third-order valence-electron chi connectivity index (χ3n) is 4.70. The van der Waals surface area contributed by atoms with Crippen LogP contribution in [0.2, 0.25) is 0 Å². The molecule has 8 bridgehead atoms. The maximum absolute atomic E-state index is 11.8. The monoisotopic (exact) mass is 357 g/mol. The topological polar surface area (TPSA) is 99.4 Å². The van der Waals surface area contributed by atoms with Gasteiger partial charge in [-0.25, -0.2) is 9.98 Å². The average molecular weight is 357 g/mol. The van der Waals surface area contributed by atoms with Crippen molar-refractivity contribution in [2.75, 3.05) is 0 Å². The maximum atomic E-state index is 11.8. The number of aromatic amines is 2. The van der Waals surface area contributed by atoms with E-state index >= 15 is 0 Å². The second kappa shape index (κ2) is 5.63. The first-order valence-electron chi connectivity index (χ1n) is 8.57. The van der Waals surface area contributed by atoms with Gasteiger partial charge in [-0.1, -0.05) is 0 Å². The summed E-state index contributed by atoms with van der Waals surface area (Å²) < 4.78 is 0. The summed E-state index contributed by atoms with van der Waals surface area (Å²) >= 11 is 0. The van der Waals surface area contributed by atoms with Crippen LogP contribution in [-0.4, -0.2) is 32.0 Å². The molecule has 132 valence electrons. The minimum absolute atomic E-state index is 0.158. The van der Waals surface area contributed by atoms with Crippen molar-refractivity contribution in [2.45, 2.75) is 12.1 Å². The van der Waals surface area contributed by atoms with Crippen molar-refractivity contribution in [1.29, 1.82) is 0 Å². The van der Waals surface area contributed by atoms with Gasteiger partial charge in [-0.3, -0.25) is 10.1 Å². The molecule has 0 fully saturated rings. The van der Waals surface area contributed by atoms with Gasteiger partial charge in [0.05, 0.1) is 28.5 Å². The van der Waals surface area contributed by atoms with Crippen LogP contribution in [0.1, 0.15) is 11.4 Å². The van der Waals surface area contributed by atoms with E-state index in [4.69, 9.17) is 0 Å². The molecule has 2 aromatic rings. The second-order valence-corrected chi connectivity index (χ2v) is 6.72. The number of fused-ring (bicyclic) bond motifs is 6. The lowest BCUT2D eigenvalue weighted by molar-refractivity contribution is -0.552. The molecule has 3 aliphatic heterocycles. The Morgan fingerprint density at radius 3 is 2.67 bits per heavy atom. The van der Waals surface area contributed by atoms with E-state index in [1.54, 1.807) is 18.2 Å². The van der Waals surface area contributed by atoms with Crippen LogP contribution in [0.3, 0.4) is 0 Å². The molecule has 0 aliphatic carbocycles. The normalized spacial score (nSPS) is 22.6. The molecule has 3 aliphatic rings. The Balaban J connectivity index is 1.70. The van der Waals surface area contributed by atoms with Gasteiger partial charge in [-0.2, -0.15) is 0 Å². The summed E-state index contributed by atoms with van der Waals surface area (Å²) in [5.41, 5.74) is 2.21. The third kappa shape index (κ3) is 2.79. The zero-order valence-corrected chi connectivity index (χ0v) is 14.2. The Hall–Kier alpha value is -3.74. The van der Waals surface area contributed by atoms with E-state index in [-0.39, 0.29) is 11.3 Å². The number of aliphatic imine (C=N–C) groups is 2. The molecule has 7 heteroatoms. The molecule has 1 atom stereocenters. The van der Waals surface area contributed by atoms with E-state index in [2.05, 4.69) is 20.0 Å². The number of nitrogens with zero attached hydrogens (tertiary/aromatic N) is 3. The van der Waals surface area contributed by atoms with Crippen LogP contribution in [0.15, 0.2) is 70.3 Å². The molecule has 0 amide bonds. The number of rotatable bonds is 1. The van der Waals surface area contributed by atoms with Crippen molar-refractivity contribution in [1.82, 2.24) is 9.97 Å². The predicted octanol–water partition coefficient (Wildman–Crippen LogP) is 1.39. The molecule has 5 heterocycles. The van der Waals surface area contributed by atoms with Gasteiger partial charge in [0.15, 0.2) is 0 Å². The van der Waals surface area contributed by atoms with E-state index < -0.39 is 5.66 Å². The summed E-state index contributed by atoms with van der Waals surface area (Å²) in [5, 5.41) is 13.7. The number of aromatic nitrogens is 2. The first-order valence-corrected chi connectivity index (χ1v) is 8.57. The highest BCUT2D eigenvalue weighted by Gasteiger charge is 2.43. The summed E-state index contributed by atoms with van der Waals surface area (Å²) in [7, 11) is 0. The lowest BCUT2D eigenvalue weighted by atomic mass is 10.1. The standard InChI is InChI=1S/C20H15N5O2/c26-25(27)20-8-7-18(24-20)11-17-4-3-14(22-17)9-13-1-2-15(21-13)10-16-5-6-19(12-20)23-16/h1-11,21,23H,12H2. The Morgan fingerprint density at radius 1 is 0.963 bits per heavy atom. The molecule has 0 spiro atoms. The van der Waals surface area contributed by atoms with Crippen molar-refractivity contribution in [3.05, 3.63) is 92.5 Å². The zero-order valence-electron chi connectivity index (χ0n) is 14.2. The van der Waals surface area contributed by atoms with Crippen LogP contribution in [0.4, 0.5) is 0 Å². The third-order valence-corrected chi connectivity index (χ3v) is 4.70. The minimum Gasteiger partial charge on any atom is -0.359 e. The number of H-pyrrole nitrogens is 2. The first kappa shape index (κ1) is 15.5. The van der Waals surface area contributed by atoms with E-state index in [9.17, 15) is 10.1 Å². The molecular weight excluding hydrogens is 342 g/mol. The van der Waals surface area contributed by atoms with E-state index in [0.29, 0.717) is 5.71 Å². The van der Waals surface area contributed by atoms with Crippen LogP contribution in [-0.2, 0) is 6.42 Å². The number of hydrogen-bond donors (Lipinski definition) is 2. The van der Waals surface area contributed by atoms with Gasteiger partial charge in [0.1, 0.15) is 0 Å². The SMILES string of the molecule is O=[N+]([O-])C12C=CC(=N1)C=C1C=CC(=N1)C=c1ccc([nH]1)=Cc1ccc([nH]1)C2. The zero-order chi connectivity index (χ0) is 18.4. The maximum Gasteiger partial charge on any atom is 0.338 e. The lowest BCUT2D eigenvalue weighted by Gasteiger charge is -2.14. The highest BCUT2D eigenvalue weighted by Crippen LogP contribution is 2.26. The van der Waals surface area contributed by atoms with Gasteiger partial charge in [0.2, 0.25) is 0 Å². The largest absolute Gasteiger partial charge is 0.359 e. The van der Waals surface area contributed by atoms with Crippen molar-refractivity contribution in [3.63, 3.8) is 0 Å². The van der Waals surface area contributed by atoms with E-state index in [1.165, 1.54) is 0 Å². The number of hydrogen-bond acceptors (Lipinski definition) is 4. The molecule has 1 unspecified atom stereocenters. The van der Waals surface area contributed by atoms with Gasteiger partial charge in [-0.15, -0.1) is 0 Å². The summed E-state index contributed by atoms with van der Waals surface area (Å²) in [6.07, 6.45) is 12.9. The van der Waals surface area contributed by atoms with Gasteiger partial charge in [0, 0.05) is 28.2 Å². The van der Waals surface area contributed by atoms with Crippen molar-refractivity contribution < 1.29 is 4.92 Å². The fourth-order valence-electron chi connectivity index (χ4n) is 3.42. The molecule has 27 heavy (non-hydrogen) atoms. The van der Waals surface area contributed by atoms with Crippen LogP contribution < -0.4 is 10.7 Å². The van der Waals surface area contributed by atoms with Crippen LogP contribution >= 0.6 is 0 Å². The van der Waals surface area contributed by atoms with Crippen LogP contribution in [0.5, 0.6) is 0 Å². The minimum atomic E-state index is -1.49. The Labute approximate surface area is 153 Å². The number of nitro groups is 1. The van der Waals surface area contributed by atoms with Crippen molar-refractivity contribution in [2.24, 2.45) is 9.98 Å². The van der Waals surface area contributed by atoms with Gasteiger partial charge < -0.3 is 9.97 Å². The number of nitrogens with one attached hydrogen (secondary N) is 2. The molecule has 0 radical (unpaired) electrons. The molecule has 0 saturated carbocycles. The molecule has 2 N–H and O–H groups in total. The summed E-state index contributed by atoms with van der Waals surface area (Å²) in [4.78, 5) is 26.9. The van der Waals surface area contributed by atoms with E-state index in [0.717, 1.165) is 33.5 Å². The Morgan fingerprint density at radius 2 is 1.81 bits per heavy atom. The van der Waals surface area contributed by atoms with Gasteiger partial charge in [-0.05, 0) is 60.7 Å². The summed E-state index contributed by atoms with van der Waals surface area (Å²) in [6, 6.07) is 7.74.